The average molecular weight is 350 g/mol. The van der Waals surface area contributed by atoms with Crippen molar-refractivity contribution < 1.29 is 0 Å². The van der Waals surface area contributed by atoms with Gasteiger partial charge in [-0.2, -0.15) is 0 Å². The fourth-order valence-corrected chi connectivity index (χ4v) is 4.29. The van der Waals surface area contributed by atoms with Crippen LogP contribution in [0, 0.1) is 0 Å². The van der Waals surface area contributed by atoms with Crippen LogP contribution in [0.15, 0.2) is 40.2 Å². The van der Waals surface area contributed by atoms with E-state index in [1.807, 2.05) is 11.3 Å². The van der Waals surface area contributed by atoms with Crippen molar-refractivity contribution in [2.45, 2.75) is 44.7 Å². The Morgan fingerprint density at radius 3 is 2.90 bits per heavy atom. The number of nitrogens with one attached hydrogen (secondary N) is 1. The molecule has 0 amide bonds. The molecule has 1 aromatic heterocycles. The maximum atomic E-state index is 3.82. The number of rotatable bonds is 4. The summed E-state index contributed by atoms with van der Waals surface area (Å²) in [4.78, 5) is 1.59. The standard InChI is InChI=1S/C17H20BrNS/c1-12(11-13-5-7-14(18)8-6-13)19-16-3-2-4-17-15(16)9-10-20-17/h5-10,12,16,19H,2-4,11H2,1H3. The molecule has 0 bridgehead atoms. The lowest BCUT2D eigenvalue weighted by molar-refractivity contribution is 0.409. The Hall–Kier alpha value is -0.640. The van der Waals surface area contributed by atoms with Gasteiger partial charge in [-0.1, -0.05) is 28.1 Å². The molecule has 2 unspecified atom stereocenters. The number of fused-ring (bicyclic) bond motifs is 1. The van der Waals surface area contributed by atoms with Crippen molar-refractivity contribution in [3.05, 3.63) is 56.2 Å². The molecule has 1 N–H and O–H groups in total. The zero-order chi connectivity index (χ0) is 13.9. The van der Waals surface area contributed by atoms with Crippen LogP contribution in [0.2, 0.25) is 0 Å². The van der Waals surface area contributed by atoms with Crippen molar-refractivity contribution >= 4 is 27.3 Å². The topological polar surface area (TPSA) is 12.0 Å². The van der Waals surface area contributed by atoms with Gasteiger partial charge in [0.25, 0.3) is 0 Å². The predicted molar refractivity (Wildman–Crippen MR) is 90.4 cm³/mol. The van der Waals surface area contributed by atoms with E-state index in [4.69, 9.17) is 0 Å². The van der Waals surface area contributed by atoms with Gasteiger partial charge in [-0.15, -0.1) is 11.3 Å². The van der Waals surface area contributed by atoms with Gasteiger partial charge in [0.2, 0.25) is 0 Å². The molecule has 2 atom stereocenters. The van der Waals surface area contributed by atoms with Gasteiger partial charge in [-0.25, -0.2) is 0 Å². The first-order valence-electron chi connectivity index (χ1n) is 7.29. The van der Waals surface area contributed by atoms with Gasteiger partial charge in [0.05, 0.1) is 0 Å². The van der Waals surface area contributed by atoms with Crippen molar-refractivity contribution in [2.75, 3.05) is 0 Å². The van der Waals surface area contributed by atoms with Crippen molar-refractivity contribution in [3.8, 4) is 0 Å². The van der Waals surface area contributed by atoms with Crippen LogP contribution in [0.5, 0.6) is 0 Å². The summed E-state index contributed by atoms with van der Waals surface area (Å²) in [5.74, 6) is 0. The number of aryl methyl sites for hydroxylation is 1. The number of halogens is 1. The summed E-state index contributed by atoms with van der Waals surface area (Å²) in [6.07, 6.45) is 4.94. The van der Waals surface area contributed by atoms with Crippen LogP contribution < -0.4 is 5.32 Å². The molecule has 106 valence electrons. The molecule has 20 heavy (non-hydrogen) atoms. The van der Waals surface area contributed by atoms with Crippen molar-refractivity contribution in [1.82, 2.24) is 5.32 Å². The molecule has 0 aliphatic heterocycles. The Balaban J connectivity index is 1.62. The van der Waals surface area contributed by atoms with E-state index in [-0.39, 0.29) is 0 Å². The average Bonchev–Trinajstić information content (AvgIpc) is 2.91. The van der Waals surface area contributed by atoms with E-state index in [0.29, 0.717) is 12.1 Å². The van der Waals surface area contributed by atoms with Crippen LogP contribution in [0.1, 0.15) is 41.8 Å². The molecule has 1 nitrogen and oxygen atoms in total. The Morgan fingerprint density at radius 2 is 2.10 bits per heavy atom. The second-order valence-electron chi connectivity index (χ2n) is 5.64. The quantitative estimate of drug-likeness (QED) is 0.808. The van der Waals surface area contributed by atoms with Gasteiger partial charge in [-0.05, 0) is 67.3 Å². The third-order valence-electron chi connectivity index (χ3n) is 3.99. The second-order valence-corrected chi connectivity index (χ2v) is 7.56. The molecular formula is C17H20BrNS. The van der Waals surface area contributed by atoms with Crippen LogP contribution in [0.25, 0.3) is 0 Å². The van der Waals surface area contributed by atoms with E-state index in [2.05, 4.69) is 63.9 Å². The Morgan fingerprint density at radius 1 is 1.30 bits per heavy atom. The fraction of sp³-hybridized carbons (Fsp3) is 0.412. The van der Waals surface area contributed by atoms with E-state index in [1.165, 1.54) is 24.8 Å². The minimum Gasteiger partial charge on any atom is -0.307 e. The van der Waals surface area contributed by atoms with Gasteiger partial charge in [0.15, 0.2) is 0 Å². The molecule has 0 spiro atoms. The van der Waals surface area contributed by atoms with Gasteiger partial charge >= 0.3 is 0 Å². The molecule has 0 saturated carbocycles. The van der Waals surface area contributed by atoms with Crippen LogP contribution >= 0.6 is 27.3 Å². The van der Waals surface area contributed by atoms with Gasteiger partial charge in [0.1, 0.15) is 0 Å². The first kappa shape index (κ1) is 14.3. The highest BCUT2D eigenvalue weighted by Crippen LogP contribution is 2.33. The molecule has 3 heteroatoms. The molecule has 3 rings (SSSR count). The molecule has 1 aromatic carbocycles. The van der Waals surface area contributed by atoms with E-state index >= 15 is 0 Å². The highest BCUT2D eigenvalue weighted by Gasteiger charge is 2.22. The SMILES string of the molecule is CC(Cc1ccc(Br)cc1)NC1CCCc2sccc21. The van der Waals surface area contributed by atoms with E-state index < -0.39 is 0 Å². The molecule has 0 fully saturated rings. The molecule has 0 radical (unpaired) electrons. The lowest BCUT2D eigenvalue weighted by Gasteiger charge is -2.27. The van der Waals surface area contributed by atoms with Crippen LogP contribution in [-0.4, -0.2) is 6.04 Å². The van der Waals surface area contributed by atoms with Crippen LogP contribution in [0.3, 0.4) is 0 Å². The van der Waals surface area contributed by atoms with Crippen molar-refractivity contribution in [3.63, 3.8) is 0 Å². The third-order valence-corrected chi connectivity index (χ3v) is 5.52. The minimum atomic E-state index is 0.507. The normalized spacial score (nSPS) is 19.6. The molecular weight excluding hydrogens is 330 g/mol. The maximum absolute atomic E-state index is 3.82. The Labute approximate surface area is 133 Å². The summed E-state index contributed by atoms with van der Waals surface area (Å²) in [5.41, 5.74) is 2.94. The highest BCUT2D eigenvalue weighted by atomic mass is 79.9. The maximum Gasteiger partial charge on any atom is 0.0333 e. The van der Waals surface area contributed by atoms with Gasteiger partial charge < -0.3 is 5.32 Å². The lowest BCUT2D eigenvalue weighted by atomic mass is 9.93. The second kappa shape index (κ2) is 6.42. The number of hydrogen-bond donors (Lipinski definition) is 1. The highest BCUT2D eigenvalue weighted by molar-refractivity contribution is 9.10. The smallest absolute Gasteiger partial charge is 0.0333 e. The first-order chi connectivity index (χ1) is 9.72. The minimum absolute atomic E-state index is 0.507. The molecule has 1 aliphatic carbocycles. The zero-order valence-corrected chi connectivity index (χ0v) is 14.1. The number of thiophene rings is 1. The lowest BCUT2D eigenvalue weighted by Crippen LogP contribution is -2.33. The van der Waals surface area contributed by atoms with Crippen LogP contribution in [-0.2, 0) is 12.8 Å². The molecule has 0 saturated heterocycles. The third kappa shape index (κ3) is 3.33. The summed E-state index contributed by atoms with van der Waals surface area (Å²) >= 11 is 5.41. The Bertz CT molecular complexity index is 561. The summed E-state index contributed by atoms with van der Waals surface area (Å²) < 4.78 is 1.15. The largest absolute Gasteiger partial charge is 0.307 e. The van der Waals surface area contributed by atoms with Crippen molar-refractivity contribution in [1.29, 1.82) is 0 Å². The summed E-state index contributed by atoms with van der Waals surface area (Å²) in [6, 6.07) is 12.0. The summed E-state index contributed by atoms with van der Waals surface area (Å²) in [5, 5.41) is 6.06. The number of benzene rings is 1. The van der Waals surface area contributed by atoms with E-state index in [1.54, 1.807) is 10.4 Å². The summed E-state index contributed by atoms with van der Waals surface area (Å²) in [6.45, 7) is 2.29. The number of hydrogen-bond acceptors (Lipinski definition) is 2. The Kier molecular flexibility index (Phi) is 4.59. The predicted octanol–water partition coefficient (Wildman–Crippen LogP) is 5.11. The van der Waals surface area contributed by atoms with Crippen molar-refractivity contribution in [2.24, 2.45) is 0 Å². The molecule has 2 aromatic rings. The summed E-state index contributed by atoms with van der Waals surface area (Å²) in [7, 11) is 0. The monoisotopic (exact) mass is 349 g/mol. The van der Waals surface area contributed by atoms with Gasteiger partial charge in [0, 0.05) is 21.4 Å². The molecule has 1 aliphatic rings. The van der Waals surface area contributed by atoms with E-state index in [9.17, 15) is 0 Å². The molecule has 1 heterocycles. The fourth-order valence-electron chi connectivity index (χ4n) is 3.04. The van der Waals surface area contributed by atoms with Gasteiger partial charge in [-0.3, -0.25) is 0 Å². The van der Waals surface area contributed by atoms with E-state index in [0.717, 1.165) is 10.9 Å². The van der Waals surface area contributed by atoms with Crippen LogP contribution in [0.4, 0.5) is 0 Å². The first-order valence-corrected chi connectivity index (χ1v) is 8.96. The zero-order valence-electron chi connectivity index (χ0n) is 11.7.